The lowest BCUT2D eigenvalue weighted by Crippen LogP contribution is -2.18. The van der Waals surface area contributed by atoms with Crippen molar-refractivity contribution in [3.8, 4) is 5.75 Å². The molecule has 0 bridgehead atoms. The van der Waals surface area contributed by atoms with E-state index in [1.54, 1.807) is 6.07 Å². The number of hydrogen-bond donors (Lipinski definition) is 1. The SMILES string of the molecule is CCNCc1cc(F)ccc1OC1CCOC1. The van der Waals surface area contributed by atoms with Gasteiger partial charge in [0.2, 0.25) is 0 Å². The van der Waals surface area contributed by atoms with Crippen LogP contribution in [0.2, 0.25) is 0 Å². The lowest BCUT2D eigenvalue weighted by molar-refractivity contribution is 0.140. The average molecular weight is 239 g/mol. The minimum atomic E-state index is -0.229. The van der Waals surface area contributed by atoms with E-state index in [4.69, 9.17) is 9.47 Å². The molecule has 3 nitrogen and oxygen atoms in total. The summed E-state index contributed by atoms with van der Waals surface area (Å²) < 4.78 is 24.3. The third-order valence-corrected chi connectivity index (χ3v) is 2.77. The highest BCUT2D eigenvalue weighted by molar-refractivity contribution is 5.34. The molecule has 1 atom stereocenters. The van der Waals surface area contributed by atoms with Crippen molar-refractivity contribution in [2.24, 2.45) is 0 Å². The van der Waals surface area contributed by atoms with Crippen LogP contribution in [0.4, 0.5) is 4.39 Å². The molecule has 0 saturated carbocycles. The summed E-state index contributed by atoms with van der Waals surface area (Å²) in [4.78, 5) is 0. The van der Waals surface area contributed by atoms with Crippen LogP contribution >= 0.6 is 0 Å². The minimum absolute atomic E-state index is 0.0980. The maximum Gasteiger partial charge on any atom is 0.124 e. The molecule has 1 saturated heterocycles. The number of benzene rings is 1. The Kier molecular flexibility index (Phi) is 4.34. The zero-order valence-electron chi connectivity index (χ0n) is 10.0. The standard InChI is InChI=1S/C13H18FNO2/c1-2-15-8-10-7-11(14)3-4-13(10)17-12-5-6-16-9-12/h3-4,7,12,15H,2,5-6,8-9H2,1H3. The monoisotopic (exact) mass is 239 g/mol. The van der Waals surface area contributed by atoms with Gasteiger partial charge in [0.05, 0.1) is 13.2 Å². The van der Waals surface area contributed by atoms with Crippen LogP contribution in [0.25, 0.3) is 0 Å². The molecule has 1 fully saturated rings. The summed E-state index contributed by atoms with van der Waals surface area (Å²) in [6.45, 7) is 4.86. The molecular weight excluding hydrogens is 221 g/mol. The molecule has 0 aromatic heterocycles. The molecule has 2 rings (SSSR count). The zero-order chi connectivity index (χ0) is 12.1. The van der Waals surface area contributed by atoms with Gasteiger partial charge >= 0.3 is 0 Å². The maximum absolute atomic E-state index is 13.2. The Morgan fingerprint density at radius 1 is 1.53 bits per heavy atom. The fourth-order valence-electron chi connectivity index (χ4n) is 1.85. The minimum Gasteiger partial charge on any atom is -0.488 e. The highest BCUT2D eigenvalue weighted by Crippen LogP contribution is 2.23. The Bertz CT molecular complexity index is 364. The van der Waals surface area contributed by atoms with Crippen molar-refractivity contribution in [3.05, 3.63) is 29.6 Å². The van der Waals surface area contributed by atoms with Crippen LogP contribution in [0.15, 0.2) is 18.2 Å². The van der Waals surface area contributed by atoms with Gasteiger partial charge in [-0.1, -0.05) is 6.92 Å². The zero-order valence-corrected chi connectivity index (χ0v) is 10.0. The molecular formula is C13H18FNO2. The summed E-state index contributed by atoms with van der Waals surface area (Å²) in [5.74, 6) is 0.524. The largest absolute Gasteiger partial charge is 0.488 e. The highest BCUT2D eigenvalue weighted by atomic mass is 19.1. The van der Waals surface area contributed by atoms with Gasteiger partial charge in [-0.25, -0.2) is 4.39 Å². The molecule has 1 N–H and O–H groups in total. The maximum atomic E-state index is 13.2. The van der Waals surface area contributed by atoms with E-state index in [0.717, 1.165) is 30.9 Å². The molecule has 0 radical (unpaired) electrons. The second kappa shape index (κ2) is 5.98. The molecule has 1 aromatic rings. The van der Waals surface area contributed by atoms with E-state index >= 15 is 0 Å². The topological polar surface area (TPSA) is 30.5 Å². The molecule has 1 heterocycles. The van der Waals surface area contributed by atoms with Crippen molar-refractivity contribution >= 4 is 0 Å². The number of hydrogen-bond acceptors (Lipinski definition) is 3. The molecule has 4 heteroatoms. The molecule has 0 aliphatic carbocycles. The van der Waals surface area contributed by atoms with Crippen molar-refractivity contribution in [1.82, 2.24) is 5.32 Å². The van der Waals surface area contributed by atoms with Gasteiger partial charge in [-0.2, -0.15) is 0 Å². The first kappa shape index (κ1) is 12.3. The summed E-state index contributed by atoms with van der Waals surface area (Å²) in [7, 11) is 0. The highest BCUT2D eigenvalue weighted by Gasteiger charge is 2.18. The summed E-state index contributed by atoms with van der Waals surface area (Å²) in [5, 5.41) is 3.18. The number of rotatable bonds is 5. The van der Waals surface area contributed by atoms with Gasteiger partial charge in [0.15, 0.2) is 0 Å². The summed E-state index contributed by atoms with van der Waals surface area (Å²) >= 11 is 0. The van der Waals surface area contributed by atoms with E-state index in [1.165, 1.54) is 12.1 Å². The van der Waals surface area contributed by atoms with Crippen LogP contribution in [-0.2, 0) is 11.3 Å². The van der Waals surface area contributed by atoms with E-state index in [9.17, 15) is 4.39 Å². The van der Waals surface area contributed by atoms with Crippen LogP contribution < -0.4 is 10.1 Å². The third kappa shape index (κ3) is 3.41. The Morgan fingerprint density at radius 2 is 2.41 bits per heavy atom. The van der Waals surface area contributed by atoms with Gasteiger partial charge in [-0.15, -0.1) is 0 Å². The normalized spacial score (nSPS) is 19.5. The Labute approximate surface area is 101 Å². The van der Waals surface area contributed by atoms with Gasteiger partial charge in [-0.05, 0) is 24.7 Å². The second-order valence-corrected chi connectivity index (χ2v) is 4.14. The first-order chi connectivity index (χ1) is 8.29. The Hall–Kier alpha value is -1.13. The van der Waals surface area contributed by atoms with Crippen molar-refractivity contribution in [2.75, 3.05) is 19.8 Å². The van der Waals surface area contributed by atoms with Crippen LogP contribution in [0, 0.1) is 5.82 Å². The second-order valence-electron chi connectivity index (χ2n) is 4.14. The molecule has 1 aromatic carbocycles. The smallest absolute Gasteiger partial charge is 0.124 e. The Balaban J connectivity index is 2.07. The van der Waals surface area contributed by atoms with Gasteiger partial charge in [0.1, 0.15) is 17.7 Å². The number of nitrogens with one attached hydrogen (secondary N) is 1. The summed E-state index contributed by atoms with van der Waals surface area (Å²) in [6, 6.07) is 4.65. The van der Waals surface area contributed by atoms with E-state index in [2.05, 4.69) is 5.32 Å². The predicted octanol–water partition coefficient (Wildman–Crippen LogP) is 2.10. The quantitative estimate of drug-likeness (QED) is 0.853. The van der Waals surface area contributed by atoms with E-state index in [0.29, 0.717) is 13.2 Å². The van der Waals surface area contributed by atoms with E-state index < -0.39 is 0 Å². The van der Waals surface area contributed by atoms with Gasteiger partial charge in [0, 0.05) is 18.5 Å². The predicted molar refractivity (Wildman–Crippen MR) is 63.6 cm³/mol. The van der Waals surface area contributed by atoms with E-state index in [-0.39, 0.29) is 11.9 Å². The molecule has 0 spiro atoms. The van der Waals surface area contributed by atoms with Gasteiger partial charge < -0.3 is 14.8 Å². The average Bonchev–Trinajstić information content (AvgIpc) is 2.82. The lowest BCUT2D eigenvalue weighted by Gasteiger charge is -2.15. The fourth-order valence-corrected chi connectivity index (χ4v) is 1.85. The molecule has 1 aliphatic rings. The van der Waals surface area contributed by atoms with Crippen LogP contribution in [0.1, 0.15) is 18.9 Å². The van der Waals surface area contributed by atoms with Crippen molar-refractivity contribution in [3.63, 3.8) is 0 Å². The van der Waals surface area contributed by atoms with Crippen molar-refractivity contribution in [1.29, 1.82) is 0 Å². The van der Waals surface area contributed by atoms with E-state index in [1.807, 2.05) is 6.92 Å². The van der Waals surface area contributed by atoms with Crippen LogP contribution in [-0.4, -0.2) is 25.9 Å². The fraction of sp³-hybridized carbons (Fsp3) is 0.538. The van der Waals surface area contributed by atoms with Crippen molar-refractivity contribution in [2.45, 2.75) is 26.0 Å². The molecule has 1 aliphatic heterocycles. The van der Waals surface area contributed by atoms with Crippen LogP contribution in [0.5, 0.6) is 5.75 Å². The molecule has 1 unspecified atom stereocenters. The number of ether oxygens (including phenoxy) is 2. The summed E-state index contributed by atoms with van der Waals surface area (Å²) in [6.07, 6.45) is 0.999. The van der Waals surface area contributed by atoms with Gasteiger partial charge in [-0.3, -0.25) is 0 Å². The first-order valence-corrected chi connectivity index (χ1v) is 6.03. The Morgan fingerprint density at radius 3 is 3.12 bits per heavy atom. The lowest BCUT2D eigenvalue weighted by atomic mass is 10.2. The number of halogens is 1. The molecule has 17 heavy (non-hydrogen) atoms. The summed E-state index contributed by atoms with van der Waals surface area (Å²) in [5.41, 5.74) is 0.860. The van der Waals surface area contributed by atoms with Crippen LogP contribution in [0.3, 0.4) is 0 Å². The first-order valence-electron chi connectivity index (χ1n) is 6.03. The molecule has 94 valence electrons. The molecule has 0 amide bonds. The van der Waals surface area contributed by atoms with Crippen molar-refractivity contribution < 1.29 is 13.9 Å². The van der Waals surface area contributed by atoms with Gasteiger partial charge in [0.25, 0.3) is 0 Å². The third-order valence-electron chi connectivity index (χ3n) is 2.77.